The Morgan fingerprint density at radius 2 is 2.08 bits per heavy atom. The minimum atomic E-state index is -0.795. The van der Waals surface area contributed by atoms with E-state index in [-0.39, 0.29) is 0 Å². The van der Waals surface area contributed by atoms with Crippen molar-refractivity contribution in [3.05, 3.63) is 0 Å². The van der Waals surface area contributed by atoms with Crippen molar-refractivity contribution in [1.29, 1.82) is 0 Å². The maximum absolute atomic E-state index is 11.1. The lowest BCUT2D eigenvalue weighted by molar-refractivity contribution is -0.122. The van der Waals surface area contributed by atoms with Gasteiger partial charge in [-0.25, -0.2) is 4.79 Å². The number of nitrogens with one attached hydrogen (secondary N) is 1. The van der Waals surface area contributed by atoms with E-state index >= 15 is 0 Å². The molecule has 0 aliphatic carbocycles. The van der Waals surface area contributed by atoms with Gasteiger partial charge < -0.3 is 4.74 Å². The molecule has 75 valence electrons. The molecule has 0 bridgehead atoms. The Balaban J connectivity index is 4.01. The summed E-state index contributed by atoms with van der Waals surface area (Å²) in [5.74, 6) is -0.795. The van der Waals surface area contributed by atoms with Gasteiger partial charge in [-0.1, -0.05) is 6.92 Å². The zero-order valence-electron chi connectivity index (χ0n) is 8.16. The van der Waals surface area contributed by atoms with Gasteiger partial charge in [0.2, 0.25) is 0 Å². The summed E-state index contributed by atoms with van der Waals surface area (Å²) in [5, 5.41) is 0. The number of amides is 2. The number of rotatable bonds is 4. The van der Waals surface area contributed by atoms with Gasteiger partial charge in [0.1, 0.15) is 6.04 Å². The maximum atomic E-state index is 11.1. The highest BCUT2D eigenvalue weighted by Crippen LogP contribution is 1.98. The molecule has 0 aromatic carbocycles. The number of carbonyl (C=O) groups is 2. The fourth-order valence-corrected chi connectivity index (χ4v) is 0.625. The quantitative estimate of drug-likeness (QED) is 0.649. The van der Waals surface area contributed by atoms with E-state index in [1.54, 1.807) is 0 Å². The van der Waals surface area contributed by atoms with E-state index in [2.05, 4.69) is 0 Å². The number of carbonyl (C=O) groups excluding carboxylic acids is 2. The Labute approximate surface area is 77.8 Å². The average Bonchev–Trinajstić information content (AvgIpc) is 2.11. The summed E-state index contributed by atoms with van der Waals surface area (Å²) in [6.07, 6.45) is 0.179. The zero-order chi connectivity index (χ0) is 10.4. The summed E-state index contributed by atoms with van der Waals surface area (Å²) < 4.78 is 4.78. The van der Waals surface area contributed by atoms with Crippen LogP contribution in [0, 0.1) is 0 Å². The van der Waals surface area contributed by atoms with E-state index < -0.39 is 18.0 Å². The Kier molecular flexibility index (Phi) is 4.87. The first-order valence-corrected chi connectivity index (χ1v) is 4.15. The monoisotopic (exact) mass is 187 g/mol. The molecule has 1 N–H and O–H groups in total. The Bertz CT molecular complexity index is 194. The molecule has 0 saturated carbocycles. The van der Waals surface area contributed by atoms with Crippen molar-refractivity contribution >= 4 is 12.0 Å². The molecule has 0 heterocycles. The highest BCUT2D eigenvalue weighted by atomic mass is 16.6. The van der Waals surface area contributed by atoms with Gasteiger partial charge >= 0.3 is 6.09 Å². The lowest BCUT2D eigenvalue weighted by atomic mass is 10.3. The van der Waals surface area contributed by atoms with Crippen LogP contribution >= 0.6 is 0 Å². The molecular formula is C8H15N2O3. The summed E-state index contributed by atoms with van der Waals surface area (Å²) in [7, 11) is 1.44. The van der Waals surface area contributed by atoms with Gasteiger partial charge in [0.15, 0.2) is 0 Å². The van der Waals surface area contributed by atoms with Crippen LogP contribution in [0.15, 0.2) is 0 Å². The van der Waals surface area contributed by atoms with Crippen LogP contribution < -0.4 is 5.73 Å². The predicted molar refractivity (Wildman–Crippen MR) is 47.0 cm³/mol. The van der Waals surface area contributed by atoms with E-state index in [1.165, 1.54) is 14.0 Å². The van der Waals surface area contributed by atoms with Gasteiger partial charge in [-0.2, -0.15) is 0 Å². The lowest BCUT2D eigenvalue weighted by Crippen LogP contribution is -2.41. The Morgan fingerprint density at radius 1 is 1.54 bits per heavy atom. The molecule has 0 aromatic rings. The van der Waals surface area contributed by atoms with E-state index in [0.29, 0.717) is 6.61 Å². The van der Waals surface area contributed by atoms with Crippen molar-refractivity contribution in [2.24, 2.45) is 0 Å². The third kappa shape index (κ3) is 3.78. The fraction of sp³-hybridized carbons (Fsp3) is 0.750. The third-order valence-corrected chi connectivity index (χ3v) is 1.68. The highest BCUT2D eigenvalue weighted by Gasteiger charge is 2.21. The van der Waals surface area contributed by atoms with Crippen LogP contribution in [0.4, 0.5) is 4.79 Å². The number of likely N-dealkylation sites (N-methyl/N-ethyl adjacent to an activating group) is 1. The number of ether oxygens (including phenoxy) is 1. The van der Waals surface area contributed by atoms with Crippen molar-refractivity contribution in [3.63, 3.8) is 0 Å². The SMILES string of the molecule is CCCOC(=O)N(C)C(C)C([NH])=O. The van der Waals surface area contributed by atoms with Gasteiger partial charge in [0.05, 0.1) is 6.61 Å². The molecule has 0 aliphatic rings. The van der Waals surface area contributed by atoms with Crippen molar-refractivity contribution < 1.29 is 14.3 Å². The molecule has 0 rings (SSSR count). The van der Waals surface area contributed by atoms with Crippen LogP contribution in [0.2, 0.25) is 0 Å². The summed E-state index contributed by atoms with van der Waals surface area (Å²) >= 11 is 0. The second-order valence-electron chi connectivity index (χ2n) is 2.77. The summed E-state index contributed by atoms with van der Waals surface area (Å²) in [6, 6.07) is -0.746. The van der Waals surface area contributed by atoms with Crippen LogP contribution in [0.5, 0.6) is 0 Å². The average molecular weight is 187 g/mol. The van der Waals surface area contributed by atoms with Gasteiger partial charge in [0.25, 0.3) is 5.91 Å². The summed E-state index contributed by atoms with van der Waals surface area (Å²) in [5.41, 5.74) is 6.80. The van der Waals surface area contributed by atoms with Gasteiger partial charge in [-0.3, -0.25) is 15.4 Å². The zero-order valence-corrected chi connectivity index (χ0v) is 8.16. The van der Waals surface area contributed by atoms with Gasteiger partial charge in [-0.15, -0.1) is 0 Å². The van der Waals surface area contributed by atoms with Crippen LogP contribution in [0.25, 0.3) is 0 Å². The molecule has 0 spiro atoms. The van der Waals surface area contributed by atoms with Crippen LogP contribution in [-0.2, 0) is 9.53 Å². The second-order valence-corrected chi connectivity index (χ2v) is 2.77. The molecule has 2 amide bonds. The van der Waals surface area contributed by atoms with Crippen molar-refractivity contribution in [1.82, 2.24) is 10.6 Å². The predicted octanol–water partition coefficient (Wildman–Crippen LogP) is 0.663. The topological polar surface area (TPSA) is 70.4 Å². The van der Waals surface area contributed by atoms with E-state index in [0.717, 1.165) is 11.3 Å². The summed E-state index contributed by atoms with van der Waals surface area (Å²) in [6.45, 7) is 3.71. The van der Waals surface area contributed by atoms with E-state index in [4.69, 9.17) is 10.5 Å². The Morgan fingerprint density at radius 3 is 2.46 bits per heavy atom. The largest absolute Gasteiger partial charge is 0.449 e. The molecular weight excluding hydrogens is 172 g/mol. The molecule has 0 saturated heterocycles. The summed E-state index contributed by atoms with van der Waals surface area (Å²) in [4.78, 5) is 22.8. The van der Waals surface area contributed by atoms with E-state index in [9.17, 15) is 9.59 Å². The number of hydrogen-bond donors (Lipinski definition) is 0. The molecule has 0 fully saturated rings. The van der Waals surface area contributed by atoms with Crippen LogP contribution in [0.3, 0.4) is 0 Å². The Hall–Kier alpha value is -1.26. The minimum Gasteiger partial charge on any atom is -0.449 e. The van der Waals surface area contributed by atoms with E-state index in [1.807, 2.05) is 6.92 Å². The minimum absolute atomic E-state index is 0.335. The number of hydrogen-bond acceptors (Lipinski definition) is 3. The first-order chi connectivity index (χ1) is 6.00. The van der Waals surface area contributed by atoms with Gasteiger partial charge in [-0.05, 0) is 13.3 Å². The molecule has 0 aromatic heterocycles. The molecule has 5 nitrogen and oxygen atoms in total. The molecule has 1 atom stereocenters. The number of nitrogens with zero attached hydrogens (tertiary/aromatic N) is 1. The van der Waals surface area contributed by atoms with Crippen molar-refractivity contribution in [2.75, 3.05) is 13.7 Å². The molecule has 1 unspecified atom stereocenters. The molecule has 1 radical (unpaired) electrons. The standard InChI is InChI=1S/C8H15N2O3/c1-4-5-13-8(12)10(3)6(2)7(9)11/h6,9H,4-5H2,1-3H3. The molecule has 0 aliphatic heterocycles. The highest BCUT2D eigenvalue weighted by molar-refractivity contribution is 5.83. The van der Waals surface area contributed by atoms with Crippen molar-refractivity contribution in [3.8, 4) is 0 Å². The molecule has 5 heteroatoms. The first-order valence-electron chi connectivity index (χ1n) is 4.15. The smallest absolute Gasteiger partial charge is 0.410 e. The van der Waals surface area contributed by atoms with Crippen LogP contribution in [0.1, 0.15) is 20.3 Å². The van der Waals surface area contributed by atoms with Crippen molar-refractivity contribution in [2.45, 2.75) is 26.3 Å². The maximum Gasteiger partial charge on any atom is 0.410 e. The van der Waals surface area contributed by atoms with Crippen LogP contribution in [-0.4, -0.2) is 36.6 Å². The van der Waals surface area contributed by atoms with Gasteiger partial charge in [0, 0.05) is 7.05 Å². The fourth-order valence-electron chi connectivity index (χ4n) is 0.625. The first kappa shape index (κ1) is 11.7. The second kappa shape index (κ2) is 5.40. The lowest BCUT2D eigenvalue weighted by Gasteiger charge is -2.20. The third-order valence-electron chi connectivity index (χ3n) is 1.68. The normalized spacial score (nSPS) is 11.9. The molecule has 13 heavy (non-hydrogen) atoms.